The fraction of sp³-hybridized carbons (Fsp3) is 0.160. The van der Waals surface area contributed by atoms with Crippen LogP contribution in [-0.2, 0) is 6.42 Å². The molecule has 1 atom stereocenters. The lowest BCUT2D eigenvalue weighted by atomic mass is 10.0. The van der Waals surface area contributed by atoms with Crippen molar-refractivity contribution in [3.05, 3.63) is 108 Å². The molecule has 0 spiro atoms. The predicted octanol–water partition coefficient (Wildman–Crippen LogP) is 4.41. The van der Waals surface area contributed by atoms with Crippen molar-refractivity contribution in [3.63, 3.8) is 0 Å². The van der Waals surface area contributed by atoms with Crippen LogP contribution in [0.15, 0.2) is 85.6 Å². The standard InChI is InChI=1S/C25H26N4O2/c1-3-15-27-24(30)20-11-13-21(14-12-20)28-25(31)29-23(22-6-4-5-16-26-22)17-19-9-7-18(2)8-10-19/h3-14,16,23H,1,15,17H2,2H3,(H,27,30)(H2,28,29,31). The molecular formula is C25H26N4O2. The summed E-state index contributed by atoms with van der Waals surface area (Å²) in [5.41, 5.74) is 4.18. The van der Waals surface area contributed by atoms with Gasteiger partial charge in [-0.05, 0) is 55.3 Å². The van der Waals surface area contributed by atoms with E-state index < -0.39 is 0 Å². The van der Waals surface area contributed by atoms with Crippen molar-refractivity contribution in [1.82, 2.24) is 15.6 Å². The average Bonchev–Trinajstić information content (AvgIpc) is 2.79. The third kappa shape index (κ3) is 6.54. The number of benzene rings is 2. The van der Waals surface area contributed by atoms with Crippen molar-refractivity contribution in [2.75, 3.05) is 11.9 Å². The van der Waals surface area contributed by atoms with Crippen molar-refractivity contribution in [1.29, 1.82) is 0 Å². The van der Waals surface area contributed by atoms with E-state index in [9.17, 15) is 9.59 Å². The Kier molecular flexibility index (Phi) is 7.54. The number of urea groups is 1. The van der Waals surface area contributed by atoms with Crippen molar-refractivity contribution in [2.45, 2.75) is 19.4 Å². The van der Waals surface area contributed by atoms with Gasteiger partial charge in [-0.1, -0.05) is 42.0 Å². The minimum Gasteiger partial charge on any atom is -0.349 e. The topological polar surface area (TPSA) is 83.1 Å². The molecule has 0 aliphatic heterocycles. The highest BCUT2D eigenvalue weighted by Crippen LogP contribution is 2.18. The largest absolute Gasteiger partial charge is 0.349 e. The van der Waals surface area contributed by atoms with Gasteiger partial charge < -0.3 is 16.0 Å². The van der Waals surface area contributed by atoms with Gasteiger partial charge in [0, 0.05) is 24.0 Å². The van der Waals surface area contributed by atoms with E-state index in [1.54, 1.807) is 36.5 Å². The van der Waals surface area contributed by atoms with E-state index in [1.165, 1.54) is 5.56 Å². The monoisotopic (exact) mass is 414 g/mol. The quantitative estimate of drug-likeness (QED) is 0.478. The summed E-state index contributed by atoms with van der Waals surface area (Å²) in [7, 11) is 0. The van der Waals surface area contributed by atoms with Crippen molar-refractivity contribution in [3.8, 4) is 0 Å². The molecule has 0 radical (unpaired) electrons. The van der Waals surface area contributed by atoms with Gasteiger partial charge in [-0.2, -0.15) is 0 Å². The number of aryl methyl sites for hydroxylation is 1. The number of aromatic nitrogens is 1. The molecule has 0 aliphatic carbocycles. The van der Waals surface area contributed by atoms with E-state index in [0.29, 0.717) is 24.2 Å². The van der Waals surface area contributed by atoms with E-state index in [0.717, 1.165) is 11.3 Å². The minimum atomic E-state index is -0.341. The zero-order valence-electron chi connectivity index (χ0n) is 17.5. The first-order valence-electron chi connectivity index (χ1n) is 10.1. The highest BCUT2D eigenvalue weighted by molar-refractivity contribution is 5.95. The number of hydrogen-bond acceptors (Lipinski definition) is 3. The summed E-state index contributed by atoms with van der Waals surface area (Å²) in [5, 5.41) is 8.54. The van der Waals surface area contributed by atoms with Gasteiger partial charge in [-0.3, -0.25) is 9.78 Å². The first-order chi connectivity index (χ1) is 15.0. The molecule has 1 heterocycles. The second kappa shape index (κ2) is 10.7. The Balaban J connectivity index is 1.66. The molecule has 3 N–H and O–H groups in total. The first-order valence-corrected chi connectivity index (χ1v) is 10.1. The third-order valence-electron chi connectivity index (χ3n) is 4.72. The molecule has 158 valence electrons. The summed E-state index contributed by atoms with van der Waals surface area (Å²) in [5.74, 6) is -0.191. The Labute approximate surface area is 182 Å². The number of rotatable bonds is 8. The SMILES string of the molecule is C=CCNC(=O)c1ccc(NC(=O)NC(Cc2ccc(C)cc2)c2ccccn2)cc1. The smallest absolute Gasteiger partial charge is 0.319 e. The van der Waals surface area contributed by atoms with Gasteiger partial charge in [0.1, 0.15) is 0 Å². The number of anilines is 1. The number of nitrogens with one attached hydrogen (secondary N) is 3. The molecule has 0 saturated carbocycles. The lowest BCUT2D eigenvalue weighted by molar-refractivity contribution is 0.0958. The zero-order chi connectivity index (χ0) is 22.1. The van der Waals surface area contributed by atoms with Crippen molar-refractivity contribution >= 4 is 17.6 Å². The molecule has 6 heteroatoms. The second-order valence-electron chi connectivity index (χ2n) is 7.17. The molecule has 6 nitrogen and oxygen atoms in total. The molecule has 0 aliphatic rings. The lowest BCUT2D eigenvalue weighted by Crippen LogP contribution is -2.34. The summed E-state index contributed by atoms with van der Waals surface area (Å²) in [6, 6.07) is 20.0. The highest BCUT2D eigenvalue weighted by atomic mass is 16.2. The van der Waals surface area contributed by atoms with Gasteiger partial charge in [-0.25, -0.2) is 4.79 Å². The van der Waals surface area contributed by atoms with Gasteiger partial charge in [0.15, 0.2) is 0 Å². The van der Waals surface area contributed by atoms with Gasteiger partial charge in [0.05, 0.1) is 11.7 Å². The molecule has 31 heavy (non-hydrogen) atoms. The summed E-state index contributed by atoms with van der Waals surface area (Å²) in [4.78, 5) is 29.0. The number of hydrogen-bond donors (Lipinski definition) is 3. The van der Waals surface area contributed by atoms with Crippen LogP contribution in [0.5, 0.6) is 0 Å². The Morgan fingerprint density at radius 1 is 1.03 bits per heavy atom. The molecule has 2 aromatic carbocycles. The minimum absolute atomic E-state index is 0.191. The van der Waals surface area contributed by atoms with E-state index in [-0.39, 0.29) is 18.0 Å². The Hall–Kier alpha value is -3.93. The van der Waals surface area contributed by atoms with Gasteiger partial charge >= 0.3 is 6.03 Å². The maximum atomic E-state index is 12.7. The molecular weight excluding hydrogens is 388 g/mol. The number of pyridine rings is 1. The van der Waals surface area contributed by atoms with E-state index in [2.05, 4.69) is 51.8 Å². The molecule has 3 amide bonds. The number of nitrogens with zero attached hydrogens (tertiary/aromatic N) is 1. The van der Waals surface area contributed by atoms with Crippen LogP contribution >= 0.6 is 0 Å². The summed E-state index contributed by atoms with van der Waals surface area (Å²) in [6.07, 6.45) is 3.95. The van der Waals surface area contributed by atoms with Crippen LogP contribution in [0.25, 0.3) is 0 Å². The molecule has 1 aromatic heterocycles. The summed E-state index contributed by atoms with van der Waals surface area (Å²) in [6.45, 7) is 6.02. The maximum absolute atomic E-state index is 12.7. The summed E-state index contributed by atoms with van der Waals surface area (Å²) >= 11 is 0. The Morgan fingerprint density at radius 2 is 1.77 bits per heavy atom. The fourth-order valence-electron chi connectivity index (χ4n) is 3.07. The molecule has 3 rings (SSSR count). The average molecular weight is 415 g/mol. The van der Waals surface area contributed by atoms with E-state index >= 15 is 0 Å². The van der Waals surface area contributed by atoms with E-state index in [1.807, 2.05) is 25.1 Å². The van der Waals surface area contributed by atoms with Crippen molar-refractivity contribution in [2.24, 2.45) is 0 Å². The Morgan fingerprint density at radius 3 is 2.42 bits per heavy atom. The van der Waals surface area contributed by atoms with Gasteiger partial charge in [0.25, 0.3) is 5.91 Å². The van der Waals surface area contributed by atoms with Crippen LogP contribution in [0.2, 0.25) is 0 Å². The lowest BCUT2D eigenvalue weighted by Gasteiger charge is -2.19. The van der Waals surface area contributed by atoms with Crippen LogP contribution < -0.4 is 16.0 Å². The van der Waals surface area contributed by atoms with Crippen LogP contribution in [0.3, 0.4) is 0 Å². The molecule has 0 saturated heterocycles. The van der Waals surface area contributed by atoms with Gasteiger partial charge in [-0.15, -0.1) is 6.58 Å². The zero-order valence-corrected chi connectivity index (χ0v) is 17.5. The number of carbonyl (C=O) groups is 2. The van der Waals surface area contributed by atoms with E-state index in [4.69, 9.17) is 0 Å². The van der Waals surface area contributed by atoms with Crippen molar-refractivity contribution < 1.29 is 9.59 Å². The second-order valence-corrected chi connectivity index (χ2v) is 7.17. The normalized spacial score (nSPS) is 11.3. The van der Waals surface area contributed by atoms with Crippen LogP contribution in [0, 0.1) is 6.92 Å². The first kappa shape index (κ1) is 21.8. The molecule has 0 bridgehead atoms. The highest BCUT2D eigenvalue weighted by Gasteiger charge is 2.17. The number of carbonyl (C=O) groups excluding carboxylic acids is 2. The fourth-order valence-corrected chi connectivity index (χ4v) is 3.07. The number of amides is 3. The van der Waals surface area contributed by atoms with Gasteiger partial charge in [0.2, 0.25) is 0 Å². The predicted molar refractivity (Wildman–Crippen MR) is 123 cm³/mol. The Bertz CT molecular complexity index is 1020. The molecule has 0 fully saturated rings. The van der Waals surface area contributed by atoms with Crippen LogP contribution in [0.1, 0.15) is 33.2 Å². The third-order valence-corrected chi connectivity index (χ3v) is 4.72. The summed E-state index contributed by atoms with van der Waals surface area (Å²) < 4.78 is 0. The molecule has 1 unspecified atom stereocenters. The van der Waals surface area contributed by atoms with Crippen LogP contribution in [0.4, 0.5) is 10.5 Å². The van der Waals surface area contributed by atoms with Crippen LogP contribution in [-0.4, -0.2) is 23.5 Å². The molecule has 3 aromatic rings. The maximum Gasteiger partial charge on any atom is 0.319 e.